The number of rotatable bonds is 5. The third kappa shape index (κ3) is 3.91. The lowest BCUT2D eigenvalue weighted by atomic mass is 10.1. The summed E-state index contributed by atoms with van der Waals surface area (Å²) in [5, 5.41) is 3.68. The average Bonchev–Trinajstić information content (AvgIpc) is 2.87. The van der Waals surface area contributed by atoms with Crippen LogP contribution in [0.25, 0.3) is 0 Å². The molecule has 19 heavy (non-hydrogen) atoms. The molecule has 4 heteroatoms. The van der Waals surface area contributed by atoms with E-state index >= 15 is 0 Å². The highest BCUT2D eigenvalue weighted by Gasteiger charge is 2.21. The highest BCUT2D eigenvalue weighted by molar-refractivity contribution is 6.30. The molecule has 2 nitrogen and oxygen atoms in total. The molecule has 2 atom stereocenters. The van der Waals surface area contributed by atoms with Gasteiger partial charge in [0.15, 0.2) is 0 Å². The Hall–Kier alpha value is -0.640. The van der Waals surface area contributed by atoms with Crippen molar-refractivity contribution in [3.05, 3.63) is 34.6 Å². The molecule has 106 valence electrons. The van der Waals surface area contributed by atoms with Gasteiger partial charge in [-0.3, -0.25) is 0 Å². The molecule has 0 saturated carbocycles. The van der Waals surface area contributed by atoms with Crippen molar-refractivity contribution in [1.29, 1.82) is 0 Å². The van der Waals surface area contributed by atoms with E-state index < -0.39 is 0 Å². The minimum Gasteiger partial charge on any atom is -0.310 e. The molecule has 1 heterocycles. The van der Waals surface area contributed by atoms with Crippen molar-refractivity contribution in [2.24, 2.45) is 5.92 Å². The fourth-order valence-corrected chi connectivity index (χ4v) is 2.73. The summed E-state index contributed by atoms with van der Waals surface area (Å²) in [6, 6.07) is 5.18. The molecular weight excluding hydrogens is 263 g/mol. The molecule has 1 aliphatic heterocycles. The highest BCUT2D eigenvalue weighted by atomic mass is 35.5. The van der Waals surface area contributed by atoms with Crippen LogP contribution >= 0.6 is 11.6 Å². The lowest BCUT2D eigenvalue weighted by Gasteiger charge is -2.18. The molecule has 2 unspecified atom stereocenters. The third-order valence-corrected chi connectivity index (χ3v) is 4.28. The highest BCUT2D eigenvalue weighted by Crippen LogP contribution is 2.21. The van der Waals surface area contributed by atoms with Gasteiger partial charge in [0.05, 0.1) is 5.02 Å². The lowest BCUT2D eigenvalue weighted by Crippen LogP contribution is -2.28. The van der Waals surface area contributed by atoms with E-state index in [1.54, 1.807) is 6.07 Å². The summed E-state index contributed by atoms with van der Waals surface area (Å²) in [6.45, 7) is 8.76. The van der Waals surface area contributed by atoms with Crippen LogP contribution in [-0.4, -0.2) is 31.1 Å². The molecule has 2 rings (SSSR count). The molecule has 0 aromatic heterocycles. The summed E-state index contributed by atoms with van der Waals surface area (Å²) in [4.78, 5) is 2.47. The van der Waals surface area contributed by atoms with Crippen molar-refractivity contribution < 1.29 is 4.39 Å². The molecule has 1 fully saturated rings. The van der Waals surface area contributed by atoms with E-state index in [1.165, 1.54) is 25.6 Å². The molecule has 1 aromatic carbocycles. The van der Waals surface area contributed by atoms with Crippen molar-refractivity contribution >= 4 is 11.6 Å². The Morgan fingerprint density at radius 3 is 2.95 bits per heavy atom. The van der Waals surface area contributed by atoms with E-state index in [9.17, 15) is 4.39 Å². The molecule has 1 aliphatic rings. The quantitative estimate of drug-likeness (QED) is 0.891. The van der Waals surface area contributed by atoms with E-state index in [0.29, 0.717) is 5.92 Å². The van der Waals surface area contributed by atoms with Crippen molar-refractivity contribution in [2.45, 2.75) is 26.3 Å². The summed E-state index contributed by atoms with van der Waals surface area (Å²) < 4.78 is 13.4. The first-order chi connectivity index (χ1) is 9.10. The van der Waals surface area contributed by atoms with Gasteiger partial charge in [0.2, 0.25) is 0 Å². The van der Waals surface area contributed by atoms with Crippen LogP contribution in [0.5, 0.6) is 0 Å². The summed E-state index contributed by atoms with van der Waals surface area (Å²) in [5.41, 5.74) is 0.951. The Balaban J connectivity index is 1.84. The largest absolute Gasteiger partial charge is 0.310 e. The second-order valence-corrected chi connectivity index (χ2v) is 5.76. The van der Waals surface area contributed by atoms with Gasteiger partial charge in [-0.25, -0.2) is 4.39 Å². The van der Waals surface area contributed by atoms with Gasteiger partial charge in [-0.15, -0.1) is 0 Å². The number of nitrogens with one attached hydrogen (secondary N) is 1. The second kappa shape index (κ2) is 6.69. The van der Waals surface area contributed by atoms with Gasteiger partial charge in [0.1, 0.15) is 5.82 Å². The minimum absolute atomic E-state index is 0.155. The van der Waals surface area contributed by atoms with Gasteiger partial charge in [0, 0.05) is 12.6 Å². The Kier molecular flexibility index (Phi) is 5.20. The Morgan fingerprint density at radius 2 is 2.32 bits per heavy atom. The van der Waals surface area contributed by atoms with E-state index in [4.69, 9.17) is 11.6 Å². The zero-order valence-corrected chi connectivity index (χ0v) is 12.4. The monoisotopic (exact) mass is 284 g/mol. The van der Waals surface area contributed by atoms with Gasteiger partial charge in [-0.2, -0.15) is 0 Å². The molecule has 0 bridgehead atoms. The predicted octanol–water partition coefficient (Wildman–Crippen LogP) is 3.47. The maximum absolute atomic E-state index is 13.4. The minimum atomic E-state index is -0.342. The summed E-state index contributed by atoms with van der Waals surface area (Å²) in [6.07, 6.45) is 1.25. The fourth-order valence-electron chi connectivity index (χ4n) is 2.61. The number of nitrogens with zero attached hydrogens (tertiary/aromatic N) is 1. The zero-order chi connectivity index (χ0) is 13.8. The Labute approximate surface area is 119 Å². The van der Waals surface area contributed by atoms with E-state index in [-0.39, 0.29) is 16.9 Å². The number of hydrogen-bond acceptors (Lipinski definition) is 2. The van der Waals surface area contributed by atoms with E-state index in [1.807, 2.05) is 6.07 Å². The summed E-state index contributed by atoms with van der Waals surface area (Å²) in [7, 11) is 0. The van der Waals surface area contributed by atoms with E-state index in [2.05, 4.69) is 24.1 Å². The number of hydrogen-bond donors (Lipinski definition) is 1. The van der Waals surface area contributed by atoms with Gasteiger partial charge in [0.25, 0.3) is 0 Å². The molecule has 0 radical (unpaired) electrons. The van der Waals surface area contributed by atoms with Crippen LogP contribution in [0.3, 0.4) is 0 Å². The molecule has 1 aromatic rings. The molecule has 0 amide bonds. The first-order valence-electron chi connectivity index (χ1n) is 7.00. The lowest BCUT2D eigenvalue weighted by molar-refractivity contribution is 0.336. The van der Waals surface area contributed by atoms with Crippen LogP contribution in [0.4, 0.5) is 4.39 Å². The molecule has 0 spiro atoms. The van der Waals surface area contributed by atoms with Gasteiger partial charge in [-0.05, 0) is 56.6 Å². The third-order valence-electron chi connectivity index (χ3n) is 3.97. The SMILES string of the molecule is CCN1CCC(CNC(C)c2ccc(Cl)c(F)c2)C1. The van der Waals surface area contributed by atoms with Gasteiger partial charge in [-0.1, -0.05) is 24.6 Å². The summed E-state index contributed by atoms with van der Waals surface area (Å²) >= 11 is 5.70. The average molecular weight is 285 g/mol. The molecule has 1 N–H and O–H groups in total. The first-order valence-corrected chi connectivity index (χ1v) is 7.38. The van der Waals surface area contributed by atoms with Gasteiger partial charge < -0.3 is 10.2 Å². The number of likely N-dealkylation sites (tertiary alicyclic amines) is 1. The van der Waals surface area contributed by atoms with Crippen LogP contribution in [0.2, 0.25) is 5.02 Å². The van der Waals surface area contributed by atoms with Gasteiger partial charge >= 0.3 is 0 Å². The predicted molar refractivity (Wildman–Crippen MR) is 78.0 cm³/mol. The maximum Gasteiger partial charge on any atom is 0.142 e. The smallest absolute Gasteiger partial charge is 0.142 e. The maximum atomic E-state index is 13.4. The molecule has 0 aliphatic carbocycles. The van der Waals surface area contributed by atoms with Crippen LogP contribution in [-0.2, 0) is 0 Å². The van der Waals surface area contributed by atoms with Crippen LogP contribution < -0.4 is 5.32 Å². The Morgan fingerprint density at radius 1 is 1.53 bits per heavy atom. The summed E-state index contributed by atoms with van der Waals surface area (Å²) in [5.74, 6) is 0.366. The second-order valence-electron chi connectivity index (χ2n) is 5.35. The fraction of sp³-hybridized carbons (Fsp3) is 0.600. The van der Waals surface area contributed by atoms with Crippen molar-refractivity contribution in [1.82, 2.24) is 10.2 Å². The molecular formula is C15H22ClFN2. The number of halogens is 2. The Bertz CT molecular complexity index is 425. The van der Waals surface area contributed by atoms with E-state index in [0.717, 1.165) is 18.7 Å². The van der Waals surface area contributed by atoms with Crippen molar-refractivity contribution in [3.63, 3.8) is 0 Å². The van der Waals surface area contributed by atoms with Crippen LogP contribution in [0, 0.1) is 11.7 Å². The topological polar surface area (TPSA) is 15.3 Å². The normalized spacial score (nSPS) is 21.8. The van der Waals surface area contributed by atoms with Crippen LogP contribution in [0.1, 0.15) is 31.9 Å². The zero-order valence-electron chi connectivity index (χ0n) is 11.6. The first kappa shape index (κ1) is 14.8. The van der Waals surface area contributed by atoms with Crippen molar-refractivity contribution in [3.8, 4) is 0 Å². The standard InChI is InChI=1S/C15H22ClFN2/c1-3-19-7-6-12(10-19)9-18-11(2)13-4-5-14(16)15(17)8-13/h4-5,8,11-12,18H,3,6-7,9-10H2,1-2H3. The van der Waals surface area contributed by atoms with Crippen LogP contribution in [0.15, 0.2) is 18.2 Å². The molecule has 1 saturated heterocycles. The number of benzene rings is 1. The van der Waals surface area contributed by atoms with Crippen molar-refractivity contribution in [2.75, 3.05) is 26.2 Å².